The van der Waals surface area contributed by atoms with Crippen LogP contribution in [0, 0.1) is 0 Å². The predicted molar refractivity (Wildman–Crippen MR) is 155 cm³/mol. The number of piperazine rings is 1. The number of amides is 1. The zero-order valence-corrected chi connectivity index (χ0v) is 26.5. The van der Waals surface area contributed by atoms with Crippen molar-refractivity contribution >= 4 is 31.5 Å². The van der Waals surface area contributed by atoms with Crippen LogP contribution in [0.2, 0.25) is 30.7 Å². The molecule has 3 rings (SSSR count). The Bertz CT molecular complexity index is 1240. The average molecular weight is 651 g/mol. The van der Waals surface area contributed by atoms with E-state index in [4.69, 9.17) is 30.5 Å². The number of alkyl halides is 3. The number of halogens is 4. The van der Waals surface area contributed by atoms with E-state index in [9.17, 15) is 22.8 Å². The minimum Gasteiger partial charge on any atom is -0.483 e. The molecule has 1 amide bonds. The first-order chi connectivity index (χ1) is 20.3. The molecule has 240 valence electrons. The number of carbonyl (C=O) groups excluding carboxylic acids is 1. The van der Waals surface area contributed by atoms with Crippen molar-refractivity contribution in [1.82, 2.24) is 24.6 Å². The lowest BCUT2D eigenvalue weighted by Gasteiger charge is -2.34. The van der Waals surface area contributed by atoms with E-state index in [1.807, 2.05) is 4.90 Å². The first-order valence-corrected chi connectivity index (χ1v) is 17.9. The maximum absolute atomic E-state index is 13.9. The van der Waals surface area contributed by atoms with Crippen LogP contribution >= 0.6 is 11.6 Å². The maximum Gasteiger partial charge on any atom is 0.425 e. The molecule has 1 unspecified atom stereocenters. The molecular formula is C26H38ClF3N6O6Si. The number of methoxy groups -OCH3 is 1. The summed E-state index contributed by atoms with van der Waals surface area (Å²) in [6.45, 7) is 8.08. The molecule has 1 aliphatic rings. The highest BCUT2D eigenvalue weighted by Gasteiger charge is 2.40. The van der Waals surface area contributed by atoms with E-state index in [-0.39, 0.29) is 32.1 Å². The van der Waals surface area contributed by atoms with Crippen LogP contribution in [0.1, 0.15) is 12.0 Å². The Kier molecular flexibility index (Phi) is 12.7. The first-order valence-electron chi connectivity index (χ1n) is 13.8. The van der Waals surface area contributed by atoms with Crippen LogP contribution in [0.3, 0.4) is 0 Å². The minimum absolute atomic E-state index is 0.0175. The Morgan fingerprint density at radius 3 is 2.33 bits per heavy atom. The van der Waals surface area contributed by atoms with E-state index < -0.39 is 44.0 Å². The van der Waals surface area contributed by atoms with Crippen LogP contribution in [0.15, 0.2) is 23.4 Å². The molecule has 0 bridgehead atoms. The van der Waals surface area contributed by atoms with Gasteiger partial charge in [0.2, 0.25) is 11.9 Å². The van der Waals surface area contributed by atoms with E-state index in [0.29, 0.717) is 48.4 Å². The van der Waals surface area contributed by atoms with Crippen molar-refractivity contribution in [3.05, 3.63) is 39.5 Å². The van der Waals surface area contributed by atoms with Crippen molar-refractivity contribution in [2.24, 2.45) is 0 Å². The van der Waals surface area contributed by atoms with E-state index in [1.54, 1.807) is 4.90 Å². The lowest BCUT2D eigenvalue weighted by Crippen LogP contribution is -2.49. The molecule has 2 aromatic heterocycles. The summed E-state index contributed by atoms with van der Waals surface area (Å²) in [7, 11) is -0.0628. The SMILES string of the molecule is COCC(COCCC(=O)N1CCN(c2ncc(Cl)cn2)CC1)Oc1cnn(COCC[Si](C)(C)C)c(=O)c1C(F)(F)F. The van der Waals surface area contributed by atoms with E-state index in [2.05, 4.69) is 34.7 Å². The van der Waals surface area contributed by atoms with Gasteiger partial charge in [0.1, 0.15) is 12.8 Å². The van der Waals surface area contributed by atoms with Gasteiger partial charge in [0.25, 0.3) is 5.56 Å². The summed E-state index contributed by atoms with van der Waals surface area (Å²) >= 11 is 5.83. The summed E-state index contributed by atoms with van der Waals surface area (Å²) in [5.74, 6) is -0.323. The molecule has 1 aliphatic heterocycles. The fraction of sp³-hybridized carbons (Fsp3) is 0.654. The van der Waals surface area contributed by atoms with Crippen LogP contribution in [-0.2, 0) is 31.9 Å². The second-order valence-electron chi connectivity index (χ2n) is 11.1. The number of rotatable bonds is 15. The van der Waals surface area contributed by atoms with Gasteiger partial charge in [-0.25, -0.2) is 14.6 Å². The van der Waals surface area contributed by atoms with Crippen molar-refractivity contribution in [3.63, 3.8) is 0 Å². The molecular weight excluding hydrogens is 613 g/mol. The summed E-state index contributed by atoms with van der Waals surface area (Å²) in [6.07, 6.45) is -2.05. The molecule has 1 saturated heterocycles. The fourth-order valence-corrected chi connectivity index (χ4v) is 4.94. The standard InChI is InChI=1S/C26H38ClF3N6O6Si/c1-39-16-20(17-40-10-5-22(37)34-6-8-35(9-7-34)25-31-13-19(27)14-32-25)42-21-15-33-36(18-41-11-12-43(2,3)4)24(38)23(21)26(28,29)30/h13-15,20H,5-12,16-18H2,1-4H3. The van der Waals surface area contributed by atoms with Gasteiger partial charge in [0.15, 0.2) is 11.3 Å². The molecule has 2 aromatic rings. The number of hydrogen-bond acceptors (Lipinski definition) is 10. The molecule has 0 aromatic carbocycles. The molecule has 43 heavy (non-hydrogen) atoms. The van der Waals surface area contributed by atoms with Crippen molar-refractivity contribution < 1.29 is 36.9 Å². The lowest BCUT2D eigenvalue weighted by atomic mass is 10.2. The molecule has 1 atom stereocenters. The Hall–Kier alpha value is -2.79. The highest BCUT2D eigenvalue weighted by atomic mass is 35.5. The van der Waals surface area contributed by atoms with Crippen molar-refractivity contribution in [2.45, 2.75) is 51.1 Å². The Morgan fingerprint density at radius 2 is 1.72 bits per heavy atom. The second kappa shape index (κ2) is 15.8. The Balaban J connectivity index is 1.51. The van der Waals surface area contributed by atoms with E-state index in [1.165, 1.54) is 19.5 Å². The molecule has 1 fully saturated rings. The van der Waals surface area contributed by atoms with Crippen LogP contribution < -0.4 is 15.2 Å². The molecule has 17 heteroatoms. The quantitative estimate of drug-likeness (QED) is 0.210. The third-order valence-electron chi connectivity index (χ3n) is 6.43. The average Bonchev–Trinajstić information content (AvgIpc) is 2.93. The van der Waals surface area contributed by atoms with Crippen LogP contribution in [0.5, 0.6) is 5.75 Å². The smallest absolute Gasteiger partial charge is 0.425 e. The van der Waals surface area contributed by atoms with Gasteiger partial charge in [-0.05, 0) is 6.04 Å². The van der Waals surface area contributed by atoms with Gasteiger partial charge in [0.05, 0.1) is 49.9 Å². The zero-order chi connectivity index (χ0) is 31.6. The summed E-state index contributed by atoms with van der Waals surface area (Å²) in [6, 6.07) is 0.787. The van der Waals surface area contributed by atoms with Gasteiger partial charge in [-0.3, -0.25) is 9.59 Å². The lowest BCUT2D eigenvalue weighted by molar-refractivity contribution is -0.142. The summed E-state index contributed by atoms with van der Waals surface area (Å²) in [5, 5.41) is 4.25. The minimum atomic E-state index is -5.00. The number of carbonyl (C=O) groups is 1. The van der Waals surface area contributed by atoms with Crippen LogP contribution in [0.25, 0.3) is 0 Å². The molecule has 3 heterocycles. The number of aromatic nitrogens is 4. The summed E-state index contributed by atoms with van der Waals surface area (Å²) in [5.41, 5.74) is -2.86. The third-order valence-corrected chi connectivity index (χ3v) is 8.33. The van der Waals surface area contributed by atoms with Gasteiger partial charge in [-0.2, -0.15) is 18.3 Å². The van der Waals surface area contributed by atoms with Gasteiger partial charge in [-0.15, -0.1) is 0 Å². The topological polar surface area (TPSA) is 121 Å². The number of hydrogen-bond donors (Lipinski definition) is 0. The van der Waals surface area contributed by atoms with E-state index in [0.717, 1.165) is 12.2 Å². The fourth-order valence-electron chi connectivity index (χ4n) is 4.08. The highest BCUT2D eigenvalue weighted by Crippen LogP contribution is 2.33. The molecule has 0 N–H and O–H groups in total. The Morgan fingerprint density at radius 1 is 1.05 bits per heavy atom. The summed E-state index contributed by atoms with van der Waals surface area (Å²) < 4.78 is 63.9. The van der Waals surface area contributed by atoms with Crippen molar-refractivity contribution in [2.75, 3.05) is 64.6 Å². The van der Waals surface area contributed by atoms with Crippen molar-refractivity contribution in [1.29, 1.82) is 0 Å². The number of ether oxygens (including phenoxy) is 4. The highest BCUT2D eigenvalue weighted by molar-refractivity contribution is 6.76. The van der Waals surface area contributed by atoms with Crippen LogP contribution in [-0.4, -0.2) is 104 Å². The van der Waals surface area contributed by atoms with Crippen LogP contribution in [0.4, 0.5) is 19.1 Å². The van der Waals surface area contributed by atoms with Gasteiger partial charge < -0.3 is 28.7 Å². The number of anilines is 1. The van der Waals surface area contributed by atoms with Crippen molar-refractivity contribution in [3.8, 4) is 5.75 Å². The summed E-state index contributed by atoms with van der Waals surface area (Å²) in [4.78, 5) is 37.4. The van der Waals surface area contributed by atoms with E-state index >= 15 is 0 Å². The van der Waals surface area contributed by atoms with Gasteiger partial charge >= 0.3 is 6.18 Å². The third kappa shape index (κ3) is 11.0. The molecule has 0 radical (unpaired) electrons. The largest absolute Gasteiger partial charge is 0.483 e. The molecule has 0 aliphatic carbocycles. The monoisotopic (exact) mass is 650 g/mol. The normalized spacial score (nSPS) is 15.1. The van der Waals surface area contributed by atoms with Gasteiger partial charge in [-0.1, -0.05) is 31.2 Å². The predicted octanol–water partition coefficient (Wildman–Crippen LogP) is 3.17. The zero-order valence-electron chi connectivity index (χ0n) is 24.7. The second-order valence-corrected chi connectivity index (χ2v) is 17.2. The first kappa shape index (κ1) is 34.7. The molecule has 12 nitrogen and oxygen atoms in total. The number of nitrogens with zero attached hydrogens (tertiary/aromatic N) is 6. The Labute approximate surface area is 254 Å². The molecule has 0 saturated carbocycles. The molecule has 0 spiro atoms. The maximum atomic E-state index is 13.9. The van der Waals surface area contributed by atoms with Gasteiger partial charge in [0, 0.05) is 48.0 Å².